The zero-order valence-corrected chi connectivity index (χ0v) is 13.8. The molecule has 2 aliphatic heterocycles. The summed E-state index contributed by atoms with van der Waals surface area (Å²) < 4.78 is 0. The predicted molar refractivity (Wildman–Crippen MR) is 87.3 cm³/mol. The normalized spacial score (nSPS) is 21.7. The molecule has 1 aromatic heterocycles. The zero-order valence-electron chi connectivity index (χ0n) is 12.3. The van der Waals surface area contributed by atoms with Crippen LogP contribution in [-0.4, -0.2) is 47.1 Å². The van der Waals surface area contributed by atoms with Crippen molar-refractivity contribution in [2.24, 2.45) is 0 Å². The van der Waals surface area contributed by atoms with Crippen LogP contribution in [0.3, 0.4) is 0 Å². The average molecular weight is 329 g/mol. The molecule has 2 fully saturated rings. The van der Waals surface area contributed by atoms with E-state index in [0.29, 0.717) is 11.0 Å². The highest BCUT2D eigenvalue weighted by Crippen LogP contribution is 2.29. The summed E-state index contributed by atoms with van der Waals surface area (Å²) in [5.74, 6) is 1.28. The van der Waals surface area contributed by atoms with Gasteiger partial charge in [0.2, 0.25) is 0 Å². The summed E-state index contributed by atoms with van der Waals surface area (Å²) in [6, 6.07) is 0.735. The maximum Gasteiger partial charge on any atom is 0.138 e. The highest BCUT2D eigenvalue weighted by Gasteiger charge is 2.27. The van der Waals surface area contributed by atoms with Crippen molar-refractivity contribution < 1.29 is 0 Å². The Morgan fingerprint density at radius 2 is 1.76 bits per heavy atom. The van der Waals surface area contributed by atoms with Crippen LogP contribution in [-0.2, 0) is 5.88 Å². The second-order valence-corrected chi connectivity index (χ2v) is 6.54. The summed E-state index contributed by atoms with van der Waals surface area (Å²) in [4.78, 5) is 13.4. The molecule has 0 spiro atoms. The van der Waals surface area contributed by atoms with Crippen LogP contribution in [0.1, 0.15) is 37.7 Å². The molecule has 2 aliphatic rings. The highest BCUT2D eigenvalue weighted by atomic mass is 35.5. The molecule has 116 valence electrons. The minimum atomic E-state index is 0.362. The second-order valence-electron chi connectivity index (χ2n) is 5.92. The van der Waals surface area contributed by atoms with Gasteiger partial charge in [-0.05, 0) is 38.8 Å². The van der Waals surface area contributed by atoms with Gasteiger partial charge in [-0.15, -0.1) is 11.6 Å². The van der Waals surface area contributed by atoms with E-state index >= 15 is 0 Å². The van der Waals surface area contributed by atoms with Crippen molar-refractivity contribution in [3.8, 4) is 0 Å². The van der Waals surface area contributed by atoms with Crippen LogP contribution >= 0.6 is 23.2 Å². The second kappa shape index (κ2) is 7.12. The molecule has 3 heterocycles. The van der Waals surface area contributed by atoms with E-state index in [2.05, 4.69) is 19.8 Å². The van der Waals surface area contributed by atoms with Gasteiger partial charge in [-0.3, -0.25) is 0 Å². The summed E-state index contributed by atoms with van der Waals surface area (Å²) in [5.41, 5.74) is 0.859. The minimum absolute atomic E-state index is 0.362. The third-order valence-corrected chi connectivity index (χ3v) is 5.27. The van der Waals surface area contributed by atoms with E-state index in [1.54, 1.807) is 0 Å². The third kappa shape index (κ3) is 3.43. The molecule has 0 amide bonds. The van der Waals surface area contributed by atoms with Crippen molar-refractivity contribution in [1.29, 1.82) is 0 Å². The predicted octanol–water partition coefficient (Wildman–Crippen LogP) is 3.32. The highest BCUT2D eigenvalue weighted by molar-refractivity contribution is 6.31. The Labute approximate surface area is 136 Å². The maximum atomic E-state index is 6.13. The Morgan fingerprint density at radius 3 is 2.43 bits per heavy atom. The smallest absolute Gasteiger partial charge is 0.138 e. The van der Waals surface area contributed by atoms with E-state index in [1.165, 1.54) is 51.5 Å². The van der Waals surface area contributed by atoms with Crippen molar-refractivity contribution in [2.75, 3.05) is 31.1 Å². The van der Waals surface area contributed by atoms with E-state index in [9.17, 15) is 0 Å². The van der Waals surface area contributed by atoms with Crippen molar-refractivity contribution in [2.45, 2.75) is 44.0 Å². The number of nitrogens with zero attached hydrogens (tertiary/aromatic N) is 4. The van der Waals surface area contributed by atoms with Crippen LogP contribution in [0.25, 0.3) is 0 Å². The molecule has 4 nitrogen and oxygen atoms in total. The van der Waals surface area contributed by atoms with Gasteiger partial charge in [-0.25, -0.2) is 9.97 Å². The van der Waals surface area contributed by atoms with E-state index in [4.69, 9.17) is 23.2 Å². The summed E-state index contributed by atoms with van der Waals surface area (Å²) >= 11 is 12.1. The number of rotatable bonds is 3. The van der Waals surface area contributed by atoms with Crippen molar-refractivity contribution in [1.82, 2.24) is 14.9 Å². The SMILES string of the molecule is ClCc1c(Cl)ncnc1N1CCC(N2CCCCC2)CC1. The fourth-order valence-electron chi connectivity index (χ4n) is 3.50. The summed E-state index contributed by atoms with van der Waals surface area (Å²) in [6.07, 6.45) is 8.04. The number of aromatic nitrogens is 2. The lowest BCUT2D eigenvalue weighted by atomic mass is 10.00. The van der Waals surface area contributed by atoms with E-state index in [-0.39, 0.29) is 0 Å². The monoisotopic (exact) mass is 328 g/mol. The van der Waals surface area contributed by atoms with Gasteiger partial charge in [-0.1, -0.05) is 18.0 Å². The Bertz CT molecular complexity index is 469. The Hall–Kier alpha value is -0.580. The maximum absolute atomic E-state index is 6.13. The molecule has 21 heavy (non-hydrogen) atoms. The largest absolute Gasteiger partial charge is 0.356 e. The van der Waals surface area contributed by atoms with Crippen LogP contribution in [0.4, 0.5) is 5.82 Å². The van der Waals surface area contributed by atoms with Crippen LogP contribution in [0, 0.1) is 0 Å². The number of piperidine rings is 2. The lowest BCUT2D eigenvalue weighted by Gasteiger charge is -2.40. The number of hydrogen-bond donors (Lipinski definition) is 0. The molecule has 0 saturated carbocycles. The van der Waals surface area contributed by atoms with E-state index in [1.807, 2.05) is 0 Å². The first-order valence-corrected chi connectivity index (χ1v) is 8.75. The van der Waals surface area contributed by atoms with E-state index in [0.717, 1.165) is 30.5 Å². The van der Waals surface area contributed by atoms with Gasteiger partial charge >= 0.3 is 0 Å². The standard InChI is InChI=1S/C15H22Cl2N4/c16-10-13-14(17)18-11-19-15(13)21-8-4-12(5-9-21)20-6-2-1-3-7-20/h11-12H,1-10H2. The first-order valence-electron chi connectivity index (χ1n) is 7.84. The van der Waals surface area contributed by atoms with Crippen LogP contribution in [0.2, 0.25) is 5.15 Å². The van der Waals surface area contributed by atoms with Gasteiger partial charge < -0.3 is 9.80 Å². The first-order chi connectivity index (χ1) is 10.3. The molecule has 0 bridgehead atoms. The fourth-order valence-corrected chi connectivity index (χ4v) is 4.01. The topological polar surface area (TPSA) is 32.3 Å². The lowest BCUT2D eigenvalue weighted by Crippen LogP contribution is -2.47. The zero-order chi connectivity index (χ0) is 14.7. The molecule has 0 aliphatic carbocycles. The molecule has 0 aromatic carbocycles. The number of halogens is 2. The van der Waals surface area contributed by atoms with Crippen LogP contribution < -0.4 is 4.90 Å². The fraction of sp³-hybridized carbons (Fsp3) is 0.733. The molecule has 6 heteroatoms. The Morgan fingerprint density at radius 1 is 1.05 bits per heavy atom. The van der Waals surface area contributed by atoms with Crippen LogP contribution in [0.15, 0.2) is 6.33 Å². The number of likely N-dealkylation sites (tertiary alicyclic amines) is 1. The van der Waals surface area contributed by atoms with Gasteiger partial charge in [0.1, 0.15) is 17.3 Å². The van der Waals surface area contributed by atoms with Crippen molar-refractivity contribution >= 4 is 29.0 Å². The third-order valence-electron chi connectivity index (χ3n) is 4.67. The molecule has 1 aromatic rings. The van der Waals surface area contributed by atoms with Gasteiger partial charge in [-0.2, -0.15) is 0 Å². The summed E-state index contributed by atoms with van der Waals surface area (Å²) in [6.45, 7) is 4.60. The molecule has 0 N–H and O–H groups in total. The number of alkyl halides is 1. The van der Waals surface area contributed by atoms with Gasteiger partial charge in [0.05, 0.1) is 5.88 Å². The Kier molecular flexibility index (Phi) is 5.19. The summed E-state index contributed by atoms with van der Waals surface area (Å²) in [7, 11) is 0. The van der Waals surface area contributed by atoms with Crippen molar-refractivity contribution in [3.05, 3.63) is 17.0 Å². The van der Waals surface area contributed by atoms with Crippen LogP contribution in [0.5, 0.6) is 0 Å². The molecule has 3 rings (SSSR count). The summed E-state index contributed by atoms with van der Waals surface area (Å²) in [5, 5.41) is 0.480. The minimum Gasteiger partial charge on any atom is -0.356 e. The van der Waals surface area contributed by atoms with Gasteiger partial charge in [0.15, 0.2) is 0 Å². The molecular formula is C15H22Cl2N4. The van der Waals surface area contributed by atoms with E-state index < -0.39 is 0 Å². The van der Waals surface area contributed by atoms with Gasteiger partial charge in [0, 0.05) is 24.7 Å². The molecular weight excluding hydrogens is 307 g/mol. The molecule has 0 atom stereocenters. The number of anilines is 1. The molecule has 0 radical (unpaired) electrons. The molecule has 2 saturated heterocycles. The Balaban J connectivity index is 1.64. The lowest BCUT2D eigenvalue weighted by molar-refractivity contribution is 0.141. The first kappa shape index (κ1) is 15.3. The van der Waals surface area contributed by atoms with Crippen molar-refractivity contribution in [3.63, 3.8) is 0 Å². The number of hydrogen-bond acceptors (Lipinski definition) is 4. The van der Waals surface area contributed by atoms with Gasteiger partial charge in [0.25, 0.3) is 0 Å². The quantitative estimate of drug-likeness (QED) is 0.629. The average Bonchev–Trinajstić information content (AvgIpc) is 2.55. The molecule has 0 unspecified atom stereocenters.